The lowest BCUT2D eigenvalue weighted by molar-refractivity contribution is -0.117. The van der Waals surface area contributed by atoms with Crippen LogP contribution in [-0.4, -0.2) is 23.8 Å². The van der Waals surface area contributed by atoms with E-state index in [4.69, 9.17) is 0 Å². The number of nitrogens with zero attached hydrogens (tertiary/aromatic N) is 1. The fraction of sp³-hybridized carbons (Fsp3) is 0.300. The molecule has 1 N–H and O–H groups in total. The summed E-state index contributed by atoms with van der Waals surface area (Å²) in [5.41, 5.74) is 2.45. The summed E-state index contributed by atoms with van der Waals surface area (Å²) in [4.78, 5) is 26.1. The average molecular weight is 322 g/mol. The third-order valence-corrected chi connectivity index (χ3v) is 4.53. The van der Waals surface area contributed by atoms with Gasteiger partial charge in [0, 0.05) is 24.2 Å². The first-order valence-corrected chi connectivity index (χ1v) is 8.29. The van der Waals surface area contributed by atoms with E-state index in [0.29, 0.717) is 5.56 Å². The Bertz CT molecular complexity index is 721. The molecule has 2 aromatic rings. The molecule has 1 unspecified atom stereocenters. The number of benzene rings is 2. The van der Waals surface area contributed by atoms with E-state index in [2.05, 4.69) is 5.32 Å². The minimum atomic E-state index is -0.0357. The fourth-order valence-electron chi connectivity index (χ4n) is 2.62. The van der Waals surface area contributed by atoms with Gasteiger partial charge in [-0.25, -0.2) is 0 Å². The van der Waals surface area contributed by atoms with Crippen molar-refractivity contribution in [3.8, 4) is 0 Å². The number of anilines is 1. The molecule has 1 saturated carbocycles. The van der Waals surface area contributed by atoms with Gasteiger partial charge in [-0.1, -0.05) is 30.3 Å². The average Bonchev–Trinajstić information content (AvgIpc) is 3.46. The second-order valence-corrected chi connectivity index (χ2v) is 6.34. The van der Waals surface area contributed by atoms with E-state index in [1.165, 1.54) is 0 Å². The first-order valence-electron chi connectivity index (χ1n) is 8.29. The molecule has 0 saturated heterocycles. The van der Waals surface area contributed by atoms with Crippen LogP contribution < -0.4 is 5.32 Å². The molecule has 1 aliphatic carbocycles. The molecular weight excluding hydrogens is 300 g/mol. The number of nitrogens with one attached hydrogen (secondary N) is 1. The van der Waals surface area contributed by atoms with Crippen molar-refractivity contribution in [3.63, 3.8) is 0 Å². The Morgan fingerprint density at radius 1 is 1.04 bits per heavy atom. The molecule has 124 valence electrons. The first-order chi connectivity index (χ1) is 11.6. The summed E-state index contributed by atoms with van der Waals surface area (Å²) in [5.74, 6) is 0.208. The van der Waals surface area contributed by atoms with Crippen LogP contribution in [0.5, 0.6) is 0 Å². The smallest absolute Gasteiger partial charge is 0.254 e. The maximum absolute atomic E-state index is 12.6. The molecule has 4 nitrogen and oxygen atoms in total. The maximum atomic E-state index is 12.6. The normalized spacial score (nSPS) is 14.8. The van der Waals surface area contributed by atoms with Crippen molar-refractivity contribution in [3.05, 3.63) is 65.7 Å². The van der Waals surface area contributed by atoms with Gasteiger partial charge in [-0.2, -0.15) is 0 Å². The van der Waals surface area contributed by atoms with Crippen molar-refractivity contribution in [1.29, 1.82) is 0 Å². The Kier molecular flexibility index (Phi) is 4.65. The highest BCUT2D eigenvalue weighted by atomic mass is 16.2. The molecule has 1 fully saturated rings. The summed E-state index contributed by atoms with van der Waals surface area (Å²) in [6, 6.07) is 17.0. The first kappa shape index (κ1) is 16.2. The lowest BCUT2D eigenvalue weighted by atomic mass is 10.1. The zero-order valence-corrected chi connectivity index (χ0v) is 14.0. The summed E-state index contributed by atoms with van der Waals surface area (Å²) in [6.45, 7) is 2.01. The van der Waals surface area contributed by atoms with E-state index in [9.17, 15) is 9.59 Å². The molecule has 0 bridgehead atoms. The summed E-state index contributed by atoms with van der Waals surface area (Å²) in [7, 11) is 1.81. The van der Waals surface area contributed by atoms with Crippen LogP contribution >= 0.6 is 0 Å². The van der Waals surface area contributed by atoms with Crippen molar-refractivity contribution < 1.29 is 9.59 Å². The van der Waals surface area contributed by atoms with Gasteiger partial charge in [-0.05, 0) is 49.6 Å². The number of hydrogen-bond donors (Lipinski definition) is 1. The Labute approximate surface area is 142 Å². The number of rotatable bonds is 5. The second-order valence-electron chi connectivity index (χ2n) is 6.34. The predicted molar refractivity (Wildman–Crippen MR) is 94.7 cm³/mol. The fourth-order valence-corrected chi connectivity index (χ4v) is 2.62. The minimum Gasteiger partial charge on any atom is -0.335 e. The van der Waals surface area contributed by atoms with Gasteiger partial charge in [-0.3, -0.25) is 9.59 Å². The zero-order chi connectivity index (χ0) is 17.1. The van der Waals surface area contributed by atoms with Gasteiger partial charge in [0.25, 0.3) is 5.91 Å². The van der Waals surface area contributed by atoms with E-state index in [1.54, 1.807) is 29.2 Å². The van der Waals surface area contributed by atoms with Gasteiger partial charge in [-0.15, -0.1) is 0 Å². The Balaban J connectivity index is 1.66. The van der Waals surface area contributed by atoms with Crippen LogP contribution in [0.15, 0.2) is 54.6 Å². The minimum absolute atomic E-state index is 0.00653. The Hall–Kier alpha value is -2.62. The molecule has 0 aliphatic heterocycles. The van der Waals surface area contributed by atoms with Crippen molar-refractivity contribution >= 4 is 17.5 Å². The molecular formula is C20H22N2O2. The topological polar surface area (TPSA) is 49.4 Å². The molecule has 0 radical (unpaired) electrons. The molecule has 24 heavy (non-hydrogen) atoms. The van der Waals surface area contributed by atoms with Crippen LogP contribution in [0.25, 0.3) is 0 Å². The van der Waals surface area contributed by atoms with Crippen LogP contribution in [0, 0.1) is 5.92 Å². The van der Waals surface area contributed by atoms with Gasteiger partial charge in [0.05, 0.1) is 6.04 Å². The maximum Gasteiger partial charge on any atom is 0.254 e. The Morgan fingerprint density at radius 2 is 1.67 bits per heavy atom. The molecule has 4 heteroatoms. The number of carbonyl (C=O) groups is 2. The van der Waals surface area contributed by atoms with Crippen LogP contribution in [0.3, 0.4) is 0 Å². The van der Waals surface area contributed by atoms with Crippen LogP contribution in [0.1, 0.15) is 41.7 Å². The quantitative estimate of drug-likeness (QED) is 0.908. The number of amides is 2. The van der Waals surface area contributed by atoms with Crippen molar-refractivity contribution in [1.82, 2.24) is 4.90 Å². The molecule has 1 aliphatic rings. The highest BCUT2D eigenvalue weighted by molar-refractivity contribution is 5.96. The van der Waals surface area contributed by atoms with Crippen molar-refractivity contribution in [2.45, 2.75) is 25.8 Å². The SMILES string of the molecule is CC(c1ccccc1)N(C)C(=O)c1ccc(NC(=O)C2CC2)cc1. The van der Waals surface area contributed by atoms with Crippen LogP contribution in [0.4, 0.5) is 5.69 Å². The van der Waals surface area contributed by atoms with Crippen LogP contribution in [-0.2, 0) is 4.79 Å². The molecule has 1 atom stereocenters. The third-order valence-electron chi connectivity index (χ3n) is 4.53. The van der Waals surface area contributed by atoms with E-state index in [1.807, 2.05) is 44.3 Å². The molecule has 0 spiro atoms. The van der Waals surface area contributed by atoms with E-state index >= 15 is 0 Å². The third kappa shape index (κ3) is 3.65. The lowest BCUT2D eigenvalue weighted by Crippen LogP contribution is -2.29. The largest absolute Gasteiger partial charge is 0.335 e. The molecule has 0 aromatic heterocycles. The highest BCUT2D eigenvalue weighted by Crippen LogP contribution is 2.30. The monoisotopic (exact) mass is 322 g/mol. The molecule has 2 amide bonds. The Morgan fingerprint density at radius 3 is 2.25 bits per heavy atom. The second kappa shape index (κ2) is 6.87. The molecule has 3 rings (SSSR count). The number of carbonyl (C=O) groups excluding carboxylic acids is 2. The standard InChI is InChI=1S/C20H22N2O2/c1-14(15-6-4-3-5-7-15)22(2)20(24)17-10-12-18(13-11-17)21-19(23)16-8-9-16/h3-7,10-14,16H,8-9H2,1-2H3,(H,21,23). The van der Waals surface area contributed by atoms with E-state index in [-0.39, 0.29) is 23.8 Å². The van der Waals surface area contributed by atoms with Crippen molar-refractivity contribution in [2.75, 3.05) is 12.4 Å². The number of hydrogen-bond acceptors (Lipinski definition) is 2. The summed E-state index contributed by atoms with van der Waals surface area (Å²) < 4.78 is 0. The van der Waals surface area contributed by atoms with Gasteiger partial charge in [0.1, 0.15) is 0 Å². The summed E-state index contributed by atoms with van der Waals surface area (Å²) in [6.07, 6.45) is 1.95. The zero-order valence-electron chi connectivity index (χ0n) is 14.0. The van der Waals surface area contributed by atoms with E-state index < -0.39 is 0 Å². The summed E-state index contributed by atoms with van der Waals surface area (Å²) in [5, 5.41) is 2.88. The van der Waals surface area contributed by atoms with Gasteiger partial charge >= 0.3 is 0 Å². The predicted octanol–water partition coefficient (Wildman–Crippen LogP) is 3.87. The lowest BCUT2D eigenvalue weighted by Gasteiger charge is -2.25. The van der Waals surface area contributed by atoms with Gasteiger partial charge in [0.15, 0.2) is 0 Å². The molecule has 2 aromatic carbocycles. The molecule has 0 heterocycles. The van der Waals surface area contributed by atoms with Gasteiger partial charge in [0.2, 0.25) is 5.91 Å². The van der Waals surface area contributed by atoms with Gasteiger partial charge < -0.3 is 10.2 Å². The highest BCUT2D eigenvalue weighted by Gasteiger charge is 2.29. The van der Waals surface area contributed by atoms with Crippen molar-refractivity contribution in [2.24, 2.45) is 5.92 Å². The summed E-state index contributed by atoms with van der Waals surface area (Å²) >= 11 is 0. The van der Waals surface area contributed by atoms with Crippen LogP contribution in [0.2, 0.25) is 0 Å². The van der Waals surface area contributed by atoms with E-state index in [0.717, 1.165) is 24.1 Å².